The molecular formula is C46H32N2OS. The predicted octanol–water partition coefficient (Wildman–Crippen LogP) is 10.4. The van der Waals surface area contributed by atoms with Crippen LogP contribution >= 0.6 is 11.3 Å². The van der Waals surface area contributed by atoms with Crippen molar-refractivity contribution in [2.45, 2.75) is 18.5 Å². The number of thiophene rings is 1. The van der Waals surface area contributed by atoms with Crippen molar-refractivity contribution in [2.75, 3.05) is 0 Å². The lowest BCUT2D eigenvalue weighted by atomic mass is 9.85. The van der Waals surface area contributed by atoms with Gasteiger partial charge in [-0.05, 0) is 52.3 Å². The van der Waals surface area contributed by atoms with Gasteiger partial charge in [0, 0.05) is 37.7 Å². The zero-order valence-corrected chi connectivity index (χ0v) is 28.0. The summed E-state index contributed by atoms with van der Waals surface area (Å²) in [5.41, 5.74) is 9.12. The molecule has 0 spiro atoms. The van der Waals surface area contributed by atoms with Crippen LogP contribution in [0.4, 0.5) is 0 Å². The van der Waals surface area contributed by atoms with Crippen LogP contribution in [0.2, 0.25) is 0 Å². The monoisotopic (exact) mass is 660 g/mol. The van der Waals surface area contributed by atoms with Crippen LogP contribution in [0.25, 0.3) is 48.5 Å². The zero-order chi connectivity index (χ0) is 33.0. The predicted molar refractivity (Wildman–Crippen MR) is 207 cm³/mol. The Balaban J connectivity index is 1.16. The first-order valence-corrected chi connectivity index (χ1v) is 18.0. The van der Waals surface area contributed by atoms with E-state index >= 15 is 0 Å². The summed E-state index contributed by atoms with van der Waals surface area (Å²) < 4.78 is 9.25. The minimum Gasteiger partial charge on any atom is -0.455 e. The Labute approximate surface area is 293 Å². The van der Waals surface area contributed by atoms with Gasteiger partial charge in [-0.15, -0.1) is 11.3 Å². The van der Waals surface area contributed by atoms with Gasteiger partial charge in [0.15, 0.2) is 0 Å². The third kappa shape index (κ3) is 4.83. The van der Waals surface area contributed by atoms with E-state index in [2.05, 4.69) is 169 Å². The van der Waals surface area contributed by atoms with Crippen LogP contribution in [0.1, 0.15) is 39.9 Å². The lowest BCUT2D eigenvalue weighted by Gasteiger charge is -2.23. The van der Waals surface area contributed by atoms with E-state index in [9.17, 15) is 0 Å². The molecule has 2 atom stereocenters. The molecule has 1 aliphatic rings. The van der Waals surface area contributed by atoms with Crippen LogP contribution in [-0.2, 0) is 6.42 Å². The van der Waals surface area contributed by atoms with Gasteiger partial charge in [-0.1, -0.05) is 146 Å². The summed E-state index contributed by atoms with van der Waals surface area (Å²) in [6.07, 6.45) is 0.639. The first-order valence-electron chi connectivity index (χ1n) is 17.2. The summed E-state index contributed by atoms with van der Waals surface area (Å²) in [5.74, 6) is 0.204. The summed E-state index contributed by atoms with van der Waals surface area (Å²) in [4.78, 5) is 5.46. The van der Waals surface area contributed by atoms with Crippen molar-refractivity contribution in [2.24, 2.45) is 4.99 Å². The van der Waals surface area contributed by atoms with Crippen LogP contribution in [0, 0.1) is 0 Å². The van der Waals surface area contributed by atoms with E-state index in [0.29, 0.717) is 0 Å². The average molecular weight is 661 g/mol. The average Bonchev–Trinajstić information content (AvgIpc) is 3.75. The molecule has 0 radical (unpaired) electrons. The Morgan fingerprint density at radius 3 is 2.08 bits per heavy atom. The van der Waals surface area contributed by atoms with Gasteiger partial charge < -0.3 is 9.73 Å². The molecule has 4 heteroatoms. The molecule has 10 rings (SSSR count). The second-order valence-corrected chi connectivity index (χ2v) is 14.1. The fourth-order valence-corrected chi connectivity index (χ4v) is 8.89. The summed E-state index contributed by atoms with van der Waals surface area (Å²) >= 11 is 1.80. The Morgan fingerprint density at radius 2 is 1.28 bits per heavy atom. The van der Waals surface area contributed by atoms with E-state index in [0.717, 1.165) is 61.3 Å². The minimum atomic E-state index is -0.275. The third-order valence-corrected chi connectivity index (χ3v) is 11.3. The van der Waals surface area contributed by atoms with Crippen molar-refractivity contribution in [1.29, 1.82) is 0 Å². The molecule has 2 unspecified atom stereocenters. The molecule has 2 aromatic heterocycles. The van der Waals surface area contributed by atoms with Crippen molar-refractivity contribution in [1.82, 2.24) is 5.32 Å². The van der Waals surface area contributed by atoms with E-state index < -0.39 is 0 Å². The van der Waals surface area contributed by atoms with E-state index in [1.165, 1.54) is 31.3 Å². The van der Waals surface area contributed by atoms with E-state index in [1.54, 1.807) is 11.3 Å². The van der Waals surface area contributed by atoms with Crippen LogP contribution in [0.5, 0.6) is 0 Å². The molecular weight excluding hydrogens is 629 g/mol. The summed E-state index contributed by atoms with van der Waals surface area (Å²) in [5, 5.41) is 10.6. The quantitative estimate of drug-likeness (QED) is 0.193. The number of hydrogen-bond donors (Lipinski definition) is 1. The Bertz CT molecular complexity index is 2820. The Hall–Kier alpha value is -5.97. The maximum absolute atomic E-state index is 6.82. The summed E-state index contributed by atoms with van der Waals surface area (Å²) in [6.45, 7) is 0. The van der Waals surface area contributed by atoms with Gasteiger partial charge in [0.2, 0.25) is 0 Å². The number of hydrogen-bond acceptors (Lipinski definition) is 4. The van der Waals surface area contributed by atoms with Gasteiger partial charge in [-0.25, -0.2) is 0 Å². The molecule has 7 aromatic carbocycles. The maximum Gasteiger partial charge on any atom is 0.146 e. The first kappa shape index (κ1) is 29.0. The summed E-state index contributed by atoms with van der Waals surface area (Å²) in [7, 11) is 0. The third-order valence-electron chi connectivity index (χ3n) is 10.1. The highest BCUT2D eigenvalue weighted by Crippen LogP contribution is 2.40. The molecule has 1 aliphatic heterocycles. The van der Waals surface area contributed by atoms with Crippen LogP contribution in [0.15, 0.2) is 173 Å². The lowest BCUT2D eigenvalue weighted by molar-refractivity contribution is 0.643. The van der Waals surface area contributed by atoms with Crippen molar-refractivity contribution >= 4 is 59.8 Å². The molecule has 3 nitrogen and oxygen atoms in total. The molecule has 0 bridgehead atoms. The zero-order valence-electron chi connectivity index (χ0n) is 27.2. The Kier molecular flexibility index (Phi) is 6.88. The van der Waals surface area contributed by atoms with Gasteiger partial charge in [-0.3, -0.25) is 4.99 Å². The fraction of sp³-hybridized carbons (Fsp3) is 0.0652. The minimum absolute atomic E-state index is 0.204. The molecule has 238 valence electrons. The normalized spacial score (nSPS) is 14.9. The van der Waals surface area contributed by atoms with Crippen molar-refractivity contribution in [3.63, 3.8) is 0 Å². The largest absolute Gasteiger partial charge is 0.455 e. The number of nitrogens with one attached hydrogen (secondary N) is 1. The maximum atomic E-state index is 6.82. The molecule has 0 aliphatic carbocycles. The van der Waals surface area contributed by atoms with Gasteiger partial charge in [0.05, 0.1) is 15.6 Å². The smallest absolute Gasteiger partial charge is 0.146 e. The summed E-state index contributed by atoms with van der Waals surface area (Å²) in [6, 6.07) is 58.6. The highest BCUT2D eigenvalue weighted by atomic mass is 32.1. The van der Waals surface area contributed by atoms with Gasteiger partial charge >= 0.3 is 0 Å². The lowest BCUT2D eigenvalue weighted by Crippen LogP contribution is -2.37. The van der Waals surface area contributed by atoms with Crippen molar-refractivity contribution in [3.8, 4) is 0 Å². The van der Waals surface area contributed by atoms with E-state index in [1.807, 2.05) is 0 Å². The molecule has 1 N–H and O–H groups in total. The van der Waals surface area contributed by atoms with Crippen molar-refractivity contribution < 1.29 is 4.42 Å². The molecule has 3 heterocycles. The second-order valence-electron chi connectivity index (χ2n) is 13.1. The number of nitrogens with zero attached hydrogens (tertiary/aromatic N) is 1. The Morgan fingerprint density at radius 1 is 0.600 bits per heavy atom. The van der Waals surface area contributed by atoms with Crippen LogP contribution < -0.4 is 15.2 Å². The fourth-order valence-electron chi connectivity index (χ4n) is 7.71. The van der Waals surface area contributed by atoms with Gasteiger partial charge in [0.25, 0.3) is 0 Å². The number of furan rings is 1. The SMILES string of the molecule is c1ccc(CC(c2ccccc2)c2ccc3c(c2)oc2c4ccccc4c(C4N=c5c(sc6ccccc56)=C(c5ccccc5)N4)cc32)cc1. The molecule has 9 aromatic rings. The highest BCUT2D eigenvalue weighted by molar-refractivity contribution is 7.17. The van der Waals surface area contributed by atoms with E-state index in [-0.39, 0.29) is 12.1 Å². The number of rotatable bonds is 6. The highest BCUT2D eigenvalue weighted by Gasteiger charge is 2.25. The van der Waals surface area contributed by atoms with Crippen molar-refractivity contribution in [3.05, 3.63) is 201 Å². The number of fused-ring (bicyclic) bond motifs is 8. The molecule has 0 fully saturated rings. The molecule has 0 saturated carbocycles. The van der Waals surface area contributed by atoms with Gasteiger partial charge in [0.1, 0.15) is 17.3 Å². The topological polar surface area (TPSA) is 37.5 Å². The van der Waals surface area contributed by atoms with Gasteiger partial charge in [-0.2, -0.15) is 0 Å². The standard InChI is InChI=1S/C46H32N2OS/c1-4-14-29(15-5-1)26-37(30-16-6-2-7-17-30)32-24-25-34-38-28-39(33-20-10-11-21-35(33)44(38)49-40(34)27-32)46-47-42(31-18-8-3-9-19-31)45-43(48-46)36-22-12-13-23-41(36)50-45/h1-25,27-28,37,46-47H,26H2. The first-order chi connectivity index (χ1) is 24.8. The molecule has 50 heavy (non-hydrogen) atoms. The molecule has 0 amide bonds. The van der Waals surface area contributed by atoms with Crippen LogP contribution in [0.3, 0.4) is 0 Å². The second kappa shape index (κ2) is 11.9. The molecule has 0 saturated heterocycles. The van der Waals surface area contributed by atoms with Crippen LogP contribution in [-0.4, -0.2) is 0 Å². The number of benzene rings is 7. The van der Waals surface area contributed by atoms with E-state index in [4.69, 9.17) is 9.41 Å².